The van der Waals surface area contributed by atoms with Crippen LogP contribution in [0.15, 0.2) is 36.5 Å². The van der Waals surface area contributed by atoms with Crippen LogP contribution in [0.1, 0.15) is 23.0 Å². The zero-order valence-corrected chi connectivity index (χ0v) is 15.4. The Bertz CT molecular complexity index is 792. The second-order valence-electron chi connectivity index (χ2n) is 5.99. The van der Waals surface area contributed by atoms with E-state index < -0.39 is 0 Å². The number of rotatable bonds is 7. The average molecular weight is 356 g/mol. The van der Waals surface area contributed by atoms with Gasteiger partial charge in [0, 0.05) is 43.5 Å². The van der Waals surface area contributed by atoms with E-state index in [0.717, 1.165) is 5.56 Å². The number of carbonyl (C=O) groups excluding carboxylic acids is 2. The molecular formula is C19H24N4O3. The highest BCUT2D eigenvalue weighted by Gasteiger charge is 2.13. The molecule has 0 saturated heterocycles. The summed E-state index contributed by atoms with van der Waals surface area (Å²) in [6, 6.07) is 8.70. The van der Waals surface area contributed by atoms with Gasteiger partial charge in [-0.1, -0.05) is 13.0 Å². The van der Waals surface area contributed by atoms with Gasteiger partial charge in [0.15, 0.2) is 0 Å². The largest absolute Gasteiger partial charge is 0.457 e. The molecule has 1 heterocycles. The van der Waals surface area contributed by atoms with Crippen LogP contribution in [0, 0.1) is 12.8 Å². The topological polar surface area (TPSA) is 92.3 Å². The molecule has 1 unspecified atom stereocenters. The Kier molecular flexibility index (Phi) is 6.68. The Labute approximate surface area is 153 Å². The molecule has 26 heavy (non-hydrogen) atoms. The number of anilines is 1. The van der Waals surface area contributed by atoms with Gasteiger partial charge in [-0.15, -0.1) is 0 Å². The minimum Gasteiger partial charge on any atom is -0.457 e. The monoisotopic (exact) mass is 356 g/mol. The molecule has 2 amide bonds. The van der Waals surface area contributed by atoms with Gasteiger partial charge in [-0.2, -0.15) is 0 Å². The molecule has 1 aromatic carbocycles. The zero-order valence-electron chi connectivity index (χ0n) is 15.4. The Balaban J connectivity index is 2.17. The van der Waals surface area contributed by atoms with Gasteiger partial charge in [-0.3, -0.25) is 14.6 Å². The molecule has 7 nitrogen and oxygen atoms in total. The van der Waals surface area contributed by atoms with E-state index in [1.54, 1.807) is 25.2 Å². The molecule has 0 aliphatic rings. The number of aryl methyl sites for hydroxylation is 1. The number of amides is 2. The van der Waals surface area contributed by atoms with Crippen LogP contribution in [0.25, 0.3) is 0 Å². The maximum atomic E-state index is 12.2. The molecule has 1 aromatic heterocycles. The lowest BCUT2D eigenvalue weighted by molar-refractivity contribution is -0.119. The normalized spacial score (nSPS) is 11.5. The van der Waals surface area contributed by atoms with Crippen LogP contribution in [-0.4, -0.2) is 37.4 Å². The van der Waals surface area contributed by atoms with E-state index in [4.69, 9.17) is 4.74 Å². The van der Waals surface area contributed by atoms with Crippen molar-refractivity contribution in [2.75, 3.05) is 26.0 Å². The highest BCUT2D eigenvalue weighted by atomic mass is 16.5. The molecule has 0 saturated carbocycles. The van der Waals surface area contributed by atoms with Crippen LogP contribution < -0.4 is 20.7 Å². The summed E-state index contributed by atoms with van der Waals surface area (Å²) >= 11 is 0. The lowest BCUT2D eigenvalue weighted by atomic mass is 10.1. The number of carbonyl (C=O) groups is 2. The highest BCUT2D eigenvalue weighted by Crippen LogP contribution is 2.28. The number of hydrogen-bond acceptors (Lipinski definition) is 5. The summed E-state index contributed by atoms with van der Waals surface area (Å²) in [6.07, 6.45) is 1.51. The SMILES string of the molecule is CNCC(C)C(=O)Nc1ccc(C)c(Oc2ccnc(C(=O)NC)c2)c1. The third-order valence-electron chi connectivity index (χ3n) is 3.83. The molecule has 3 N–H and O–H groups in total. The molecule has 7 heteroatoms. The number of aromatic nitrogens is 1. The molecule has 0 radical (unpaired) electrons. The predicted molar refractivity (Wildman–Crippen MR) is 101 cm³/mol. The quantitative estimate of drug-likeness (QED) is 0.708. The van der Waals surface area contributed by atoms with Crippen LogP contribution in [0.5, 0.6) is 11.5 Å². The van der Waals surface area contributed by atoms with Gasteiger partial charge in [0.1, 0.15) is 17.2 Å². The van der Waals surface area contributed by atoms with Crippen molar-refractivity contribution in [1.29, 1.82) is 0 Å². The van der Waals surface area contributed by atoms with Crippen molar-refractivity contribution in [2.45, 2.75) is 13.8 Å². The molecule has 0 spiro atoms. The van der Waals surface area contributed by atoms with Gasteiger partial charge >= 0.3 is 0 Å². The van der Waals surface area contributed by atoms with Crippen LogP contribution >= 0.6 is 0 Å². The fraction of sp³-hybridized carbons (Fsp3) is 0.316. The van der Waals surface area contributed by atoms with Crippen molar-refractivity contribution < 1.29 is 14.3 Å². The summed E-state index contributed by atoms with van der Waals surface area (Å²) < 4.78 is 5.89. The third-order valence-corrected chi connectivity index (χ3v) is 3.83. The first-order chi connectivity index (χ1) is 12.4. The van der Waals surface area contributed by atoms with Crippen molar-refractivity contribution in [1.82, 2.24) is 15.6 Å². The minimum atomic E-state index is -0.285. The molecule has 0 fully saturated rings. The lowest BCUT2D eigenvalue weighted by Crippen LogP contribution is -2.28. The smallest absolute Gasteiger partial charge is 0.269 e. The van der Waals surface area contributed by atoms with E-state index in [1.807, 2.05) is 33.0 Å². The molecule has 0 bridgehead atoms. The summed E-state index contributed by atoms with van der Waals surface area (Å²) in [7, 11) is 3.35. The van der Waals surface area contributed by atoms with E-state index in [9.17, 15) is 9.59 Å². The molecule has 138 valence electrons. The van der Waals surface area contributed by atoms with Crippen molar-refractivity contribution >= 4 is 17.5 Å². The second kappa shape index (κ2) is 8.96. The van der Waals surface area contributed by atoms with Crippen LogP contribution in [0.3, 0.4) is 0 Å². The van der Waals surface area contributed by atoms with Gasteiger partial charge in [-0.05, 0) is 31.7 Å². The number of hydrogen-bond donors (Lipinski definition) is 3. The van der Waals surface area contributed by atoms with Crippen molar-refractivity contribution in [3.05, 3.63) is 47.8 Å². The molecule has 0 aliphatic carbocycles. The van der Waals surface area contributed by atoms with E-state index in [1.165, 1.54) is 6.20 Å². The van der Waals surface area contributed by atoms with Crippen molar-refractivity contribution in [3.63, 3.8) is 0 Å². The van der Waals surface area contributed by atoms with Gasteiger partial charge in [0.25, 0.3) is 5.91 Å². The van der Waals surface area contributed by atoms with Crippen molar-refractivity contribution in [2.24, 2.45) is 5.92 Å². The lowest BCUT2D eigenvalue weighted by Gasteiger charge is -2.14. The standard InChI is InChI=1S/C19H24N4O3/c1-12-5-6-14(23-18(24)13(2)11-20-3)9-17(12)26-15-7-8-22-16(10-15)19(25)21-4/h5-10,13,20H,11H2,1-4H3,(H,21,25)(H,23,24). The molecule has 2 rings (SSSR count). The number of nitrogens with one attached hydrogen (secondary N) is 3. The molecule has 0 aliphatic heterocycles. The summed E-state index contributed by atoms with van der Waals surface area (Å²) in [5.74, 6) is 0.583. The molecule has 2 aromatic rings. The van der Waals surface area contributed by atoms with Gasteiger partial charge < -0.3 is 20.7 Å². The maximum Gasteiger partial charge on any atom is 0.269 e. The predicted octanol–water partition coefficient (Wildman–Crippen LogP) is 2.34. The fourth-order valence-corrected chi connectivity index (χ4v) is 2.31. The molecular weight excluding hydrogens is 332 g/mol. The first-order valence-electron chi connectivity index (χ1n) is 8.36. The highest BCUT2D eigenvalue weighted by molar-refractivity contribution is 5.93. The van der Waals surface area contributed by atoms with Crippen LogP contribution in [0.2, 0.25) is 0 Å². The van der Waals surface area contributed by atoms with Crippen LogP contribution in [0.4, 0.5) is 5.69 Å². The first kappa shape index (κ1) is 19.4. The minimum absolute atomic E-state index is 0.0695. The zero-order chi connectivity index (χ0) is 19.1. The first-order valence-corrected chi connectivity index (χ1v) is 8.36. The number of ether oxygens (including phenoxy) is 1. The Morgan fingerprint density at radius 3 is 2.65 bits per heavy atom. The summed E-state index contributed by atoms with van der Waals surface area (Å²) in [5, 5.41) is 8.39. The summed E-state index contributed by atoms with van der Waals surface area (Å²) in [5.41, 5.74) is 1.83. The summed E-state index contributed by atoms with van der Waals surface area (Å²) in [6.45, 7) is 4.36. The average Bonchev–Trinajstić information content (AvgIpc) is 2.64. The third kappa shape index (κ3) is 5.03. The number of benzene rings is 1. The Morgan fingerprint density at radius 2 is 1.96 bits per heavy atom. The fourth-order valence-electron chi connectivity index (χ4n) is 2.31. The maximum absolute atomic E-state index is 12.2. The molecule has 1 atom stereocenters. The van der Waals surface area contributed by atoms with Gasteiger partial charge in [0.05, 0.1) is 0 Å². The Hall–Kier alpha value is -2.93. The van der Waals surface area contributed by atoms with E-state index >= 15 is 0 Å². The van der Waals surface area contributed by atoms with E-state index in [-0.39, 0.29) is 23.4 Å². The second-order valence-corrected chi connectivity index (χ2v) is 5.99. The van der Waals surface area contributed by atoms with Gasteiger partial charge in [-0.25, -0.2) is 0 Å². The van der Waals surface area contributed by atoms with Crippen molar-refractivity contribution in [3.8, 4) is 11.5 Å². The van der Waals surface area contributed by atoms with Gasteiger partial charge in [0.2, 0.25) is 5.91 Å². The van der Waals surface area contributed by atoms with E-state index in [0.29, 0.717) is 23.7 Å². The number of nitrogens with zero attached hydrogens (tertiary/aromatic N) is 1. The van der Waals surface area contributed by atoms with E-state index in [2.05, 4.69) is 20.9 Å². The summed E-state index contributed by atoms with van der Waals surface area (Å²) in [4.78, 5) is 27.9. The number of pyridine rings is 1. The van der Waals surface area contributed by atoms with Crippen LogP contribution in [-0.2, 0) is 4.79 Å². The Morgan fingerprint density at radius 1 is 1.19 bits per heavy atom.